The Labute approximate surface area is 172 Å². The highest BCUT2D eigenvalue weighted by molar-refractivity contribution is 5.72. The van der Waals surface area contributed by atoms with E-state index in [9.17, 15) is 26.3 Å². The van der Waals surface area contributed by atoms with Crippen molar-refractivity contribution in [3.05, 3.63) is 47.5 Å². The van der Waals surface area contributed by atoms with E-state index in [1.165, 1.54) is 0 Å². The highest BCUT2D eigenvalue weighted by atomic mass is 19.4. The molecule has 0 aliphatic carbocycles. The first-order valence-electron chi connectivity index (χ1n) is 9.19. The molecule has 1 aliphatic heterocycles. The van der Waals surface area contributed by atoms with Crippen molar-refractivity contribution in [2.75, 3.05) is 11.9 Å². The van der Waals surface area contributed by atoms with Crippen LogP contribution in [0.15, 0.2) is 40.9 Å². The average molecular weight is 443 g/mol. The van der Waals surface area contributed by atoms with Crippen LogP contribution in [0.5, 0.6) is 5.75 Å². The molecule has 164 valence electrons. The molecule has 0 saturated heterocycles. The Morgan fingerprint density at radius 1 is 1.10 bits per heavy atom. The number of nitrogens with zero attached hydrogens (tertiary/aromatic N) is 2. The Balaban J connectivity index is 1.69. The maximum atomic E-state index is 13.5. The van der Waals surface area contributed by atoms with Crippen molar-refractivity contribution in [2.45, 2.75) is 31.8 Å². The van der Waals surface area contributed by atoms with Crippen LogP contribution in [0, 0.1) is 0 Å². The second kappa shape index (κ2) is 7.47. The van der Waals surface area contributed by atoms with E-state index in [2.05, 4.69) is 20.2 Å². The van der Waals surface area contributed by atoms with Crippen molar-refractivity contribution < 1.29 is 35.6 Å². The zero-order valence-corrected chi connectivity index (χ0v) is 15.9. The number of nitrogens with one attached hydrogen (secondary N) is 1. The van der Waals surface area contributed by atoms with Crippen LogP contribution in [0.3, 0.4) is 0 Å². The molecule has 0 amide bonds. The van der Waals surface area contributed by atoms with Gasteiger partial charge in [-0.2, -0.15) is 31.3 Å². The van der Waals surface area contributed by atoms with Gasteiger partial charge in [-0.15, -0.1) is 0 Å². The summed E-state index contributed by atoms with van der Waals surface area (Å²) in [4.78, 5) is 4.19. The first-order valence-corrected chi connectivity index (χ1v) is 9.19. The Morgan fingerprint density at radius 2 is 1.87 bits per heavy atom. The van der Waals surface area contributed by atoms with Crippen LogP contribution in [0.4, 0.5) is 32.0 Å². The number of ether oxygens (including phenoxy) is 1. The van der Waals surface area contributed by atoms with E-state index in [1.54, 1.807) is 12.1 Å². The molecule has 11 heteroatoms. The van der Waals surface area contributed by atoms with Crippen LogP contribution in [0.1, 0.15) is 18.1 Å². The smallest absolute Gasteiger partial charge is 0.425 e. The summed E-state index contributed by atoms with van der Waals surface area (Å²) in [6.07, 6.45) is -11.4. The molecule has 5 nitrogen and oxygen atoms in total. The minimum atomic E-state index is -4.95. The summed E-state index contributed by atoms with van der Waals surface area (Å²) in [7, 11) is 0. The number of hydrogen-bond donors (Lipinski definition) is 1. The Hall–Kier alpha value is -3.24. The highest BCUT2D eigenvalue weighted by Gasteiger charge is 2.41. The molecule has 4 rings (SSSR count). The summed E-state index contributed by atoms with van der Waals surface area (Å²) in [5.74, 6) is -0.928. The first-order chi connectivity index (χ1) is 14.5. The highest BCUT2D eigenvalue weighted by Crippen LogP contribution is 2.40. The molecule has 0 saturated carbocycles. The molecule has 1 aliphatic rings. The first kappa shape index (κ1) is 21.0. The van der Waals surface area contributed by atoms with E-state index in [1.807, 2.05) is 6.07 Å². The number of alkyl halides is 6. The molecule has 1 atom stereocenters. The molecule has 0 fully saturated rings. The largest absolute Gasteiger partial charge is 0.481 e. The molecule has 0 radical (unpaired) electrons. The summed E-state index contributed by atoms with van der Waals surface area (Å²) in [6, 6.07) is 8.04. The number of fused-ring (bicyclic) bond motifs is 1. The van der Waals surface area contributed by atoms with Gasteiger partial charge in [0.25, 0.3) is 5.89 Å². The maximum absolute atomic E-state index is 13.5. The molecule has 2 heterocycles. The summed E-state index contributed by atoms with van der Waals surface area (Å²) in [6.45, 7) is 1.37. The average Bonchev–Trinajstić information content (AvgIpc) is 3.36. The normalized spacial score (nSPS) is 14.8. The summed E-state index contributed by atoms with van der Waals surface area (Å²) in [5, 5.41) is 7.06. The minimum Gasteiger partial charge on any atom is -0.481 e. The van der Waals surface area contributed by atoms with Crippen LogP contribution in [-0.4, -0.2) is 29.0 Å². The molecule has 2 aromatic carbocycles. The van der Waals surface area contributed by atoms with Gasteiger partial charge in [-0.3, -0.25) is 0 Å². The molecule has 1 N–H and O–H groups in total. The SMILES string of the molecule is CC(Oc1ccc(-c2nc(-c3cccc4c3CCN4)no2)cc1C(F)(F)F)C(F)(F)F. The number of anilines is 1. The van der Waals surface area contributed by atoms with Gasteiger partial charge < -0.3 is 14.6 Å². The van der Waals surface area contributed by atoms with E-state index in [4.69, 9.17) is 4.52 Å². The molecule has 1 unspecified atom stereocenters. The van der Waals surface area contributed by atoms with Crippen molar-refractivity contribution in [3.63, 3.8) is 0 Å². The number of hydrogen-bond acceptors (Lipinski definition) is 5. The molecule has 31 heavy (non-hydrogen) atoms. The van der Waals surface area contributed by atoms with Crippen molar-refractivity contribution in [1.82, 2.24) is 10.1 Å². The lowest BCUT2D eigenvalue weighted by Gasteiger charge is -2.20. The van der Waals surface area contributed by atoms with E-state index < -0.39 is 29.8 Å². The van der Waals surface area contributed by atoms with Gasteiger partial charge in [0.2, 0.25) is 5.82 Å². The maximum Gasteiger partial charge on any atom is 0.425 e. The van der Waals surface area contributed by atoms with Crippen molar-refractivity contribution in [1.29, 1.82) is 0 Å². The van der Waals surface area contributed by atoms with Crippen LogP contribution >= 0.6 is 0 Å². The number of benzene rings is 2. The van der Waals surface area contributed by atoms with Crippen molar-refractivity contribution in [2.24, 2.45) is 0 Å². The van der Waals surface area contributed by atoms with Crippen molar-refractivity contribution >= 4 is 5.69 Å². The number of rotatable bonds is 4. The Bertz CT molecular complexity index is 1110. The lowest BCUT2D eigenvalue weighted by molar-refractivity contribution is -0.191. The summed E-state index contributed by atoms with van der Waals surface area (Å²) >= 11 is 0. The van der Waals surface area contributed by atoms with Crippen LogP contribution in [0.25, 0.3) is 22.8 Å². The van der Waals surface area contributed by atoms with Gasteiger partial charge >= 0.3 is 12.4 Å². The fraction of sp³-hybridized carbons (Fsp3) is 0.300. The third-order valence-electron chi connectivity index (χ3n) is 4.83. The molecule has 3 aromatic rings. The Morgan fingerprint density at radius 3 is 2.58 bits per heavy atom. The monoisotopic (exact) mass is 443 g/mol. The molecule has 1 aromatic heterocycles. The number of aromatic nitrogens is 2. The molecular formula is C20H15F6N3O2. The van der Waals surface area contributed by atoms with Gasteiger partial charge in [0.1, 0.15) is 5.75 Å². The number of halogens is 6. The van der Waals surface area contributed by atoms with E-state index >= 15 is 0 Å². The lowest BCUT2D eigenvalue weighted by atomic mass is 10.0. The van der Waals surface area contributed by atoms with Gasteiger partial charge in [0.15, 0.2) is 6.10 Å². The van der Waals surface area contributed by atoms with Crippen LogP contribution in [0.2, 0.25) is 0 Å². The fourth-order valence-electron chi connectivity index (χ4n) is 3.25. The summed E-state index contributed by atoms with van der Waals surface area (Å²) < 4.78 is 88.3. The summed E-state index contributed by atoms with van der Waals surface area (Å²) in [5.41, 5.74) is 1.11. The zero-order chi connectivity index (χ0) is 22.4. The standard InChI is InChI=1S/C20H15F6N3O2/c1-10(19(21,22)23)30-16-6-5-11(9-14(16)20(24,25)26)18-28-17(29-31-18)13-3-2-4-15-12(13)7-8-27-15/h2-6,9-10,27H,7-8H2,1H3. The second-order valence-corrected chi connectivity index (χ2v) is 6.94. The van der Waals surface area contributed by atoms with Gasteiger partial charge in [0, 0.05) is 23.4 Å². The molecule has 0 spiro atoms. The molecule has 0 bridgehead atoms. The van der Waals surface area contributed by atoms with E-state index in [0.29, 0.717) is 18.6 Å². The van der Waals surface area contributed by atoms with E-state index in [-0.39, 0.29) is 17.3 Å². The van der Waals surface area contributed by atoms with Crippen LogP contribution < -0.4 is 10.1 Å². The lowest BCUT2D eigenvalue weighted by Crippen LogP contribution is -2.31. The van der Waals surface area contributed by atoms with E-state index in [0.717, 1.165) is 36.3 Å². The third kappa shape index (κ3) is 4.17. The quantitative estimate of drug-likeness (QED) is 0.523. The van der Waals surface area contributed by atoms with Crippen LogP contribution in [-0.2, 0) is 12.6 Å². The predicted molar refractivity (Wildman–Crippen MR) is 98.5 cm³/mol. The zero-order valence-electron chi connectivity index (χ0n) is 15.9. The van der Waals surface area contributed by atoms with Gasteiger partial charge in [0.05, 0.1) is 5.56 Å². The van der Waals surface area contributed by atoms with Gasteiger partial charge in [-0.25, -0.2) is 0 Å². The van der Waals surface area contributed by atoms with Crippen molar-refractivity contribution in [3.8, 4) is 28.6 Å². The van der Waals surface area contributed by atoms with Gasteiger partial charge in [-0.05, 0) is 43.2 Å². The minimum absolute atomic E-state index is 0.0937. The second-order valence-electron chi connectivity index (χ2n) is 6.94. The Kier molecular flexibility index (Phi) is 5.06. The van der Waals surface area contributed by atoms with Gasteiger partial charge in [-0.1, -0.05) is 17.3 Å². The third-order valence-corrected chi connectivity index (χ3v) is 4.83. The fourth-order valence-corrected chi connectivity index (χ4v) is 3.25. The topological polar surface area (TPSA) is 60.2 Å². The predicted octanol–water partition coefficient (Wildman–Crippen LogP) is 5.72. The molecular weight excluding hydrogens is 428 g/mol.